The van der Waals surface area contributed by atoms with E-state index in [4.69, 9.17) is 23.2 Å². The molecule has 0 spiro atoms. The molecule has 0 N–H and O–H groups in total. The van der Waals surface area contributed by atoms with Crippen molar-refractivity contribution in [3.05, 3.63) is 40.0 Å². The Morgan fingerprint density at radius 3 is 2.42 bits per heavy atom. The van der Waals surface area contributed by atoms with Crippen molar-refractivity contribution in [2.45, 2.75) is 16.1 Å². The Bertz CT molecular complexity index is 1120. The van der Waals surface area contributed by atoms with Gasteiger partial charge in [0.2, 0.25) is 0 Å². The third-order valence-corrected chi connectivity index (χ3v) is 5.92. The van der Waals surface area contributed by atoms with Crippen molar-refractivity contribution in [1.82, 2.24) is 19.4 Å². The van der Waals surface area contributed by atoms with Crippen molar-refractivity contribution in [2.75, 3.05) is 6.26 Å². The van der Waals surface area contributed by atoms with Crippen LogP contribution in [0.3, 0.4) is 0 Å². The van der Waals surface area contributed by atoms with Gasteiger partial charge in [0.15, 0.2) is 0 Å². The highest BCUT2D eigenvalue weighted by Crippen LogP contribution is 2.39. The molecule has 0 aliphatic rings. The van der Waals surface area contributed by atoms with Gasteiger partial charge in [-0.3, -0.25) is 0 Å². The molecule has 0 unspecified atom stereocenters. The van der Waals surface area contributed by atoms with Crippen LogP contribution in [0.15, 0.2) is 34.3 Å². The van der Waals surface area contributed by atoms with Gasteiger partial charge >= 0.3 is 6.18 Å². The van der Waals surface area contributed by atoms with E-state index in [0.717, 1.165) is 28.2 Å². The second-order valence-electron chi connectivity index (χ2n) is 5.08. The van der Waals surface area contributed by atoms with Gasteiger partial charge < -0.3 is 0 Å². The lowest BCUT2D eigenvalue weighted by Gasteiger charge is -2.09. The summed E-state index contributed by atoms with van der Waals surface area (Å²) in [7, 11) is -3.69. The summed E-state index contributed by atoms with van der Waals surface area (Å²) in [6, 6.07) is 3.55. The fourth-order valence-electron chi connectivity index (χ4n) is 1.99. The minimum absolute atomic E-state index is 0.0827. The van der Waals surface area contributed by atoms with E-state index >= 15 is 0 Å². The molecule has 13 heteroatoms. The monoisotopic (exact) mass is 442 g/mol. The first-order valence-electron chi connectivity index (χ1n) is 6.63. The fourth-order valence-corrected chi connectivity index (χ4v) is 4.01. The summed E-state index contributed by atoms with van der Waals surface area (Å²) < 4.78 is 62.2. The number of benzene rings is 1. The third-order valence-electron chi connectivity index (χ3n) is 3.12. The molecule has 0 bridgehead atoms. The number of rotatable bonds is 3. The van der Waals surface area contributed by atoms with Crippen LogP contribution in [-0.2, 0) is 16.2 Å². The summed E-state index contributed by atoms with van der Waals surface area (Å²) in [6.45, 7) is 0. The fraction of sp³-hybridized carbons (Fsp3) is 0.154. The van der Waals surface area contributed by atoms with Crippen LogP contribution in [-0.4, -0.2) is 34.1 Å². The topological polar surface area (TPSA) is 77.7 Å². The van der Waals surface area contributed by atoms with Crippen molar-refractivity contribution in [3.8, 4) is 0 Å². The summed E-state index contributed by atoms with van der Waals surface area (Å²) in [6.07, 6.45) is -2.95. The SMILES string of the molecule is CS(=O)(=O)n1nnc2cc(Cl)c(Sc3ncc(C(F)(F)F)cc3Cl)cc21. The average Bonchev–Trinajstić information content (AvgIpc) is 2.91. The Labute approximate surface area is 159 Å². The largest absolute Gasteiger partial charge is 0.417 e. The zero-order valence-electron chi connectivity index (χ0n) is 12.6. The molecule has 3 aromatic rings. The second-order valence-corrected chi connectivity index (χ2v) is 8.73. The molecule has 2 heterocycles. The molecule has 0 radical (unpaired) electrons. The van der Waals surface area contributed by atoms with Gasteiger partial charge in [-0.15, -0.1) is 9.19 Å². The van der Waals surface area contributed by atoms with Gasteiger partial charge in [-0.25, -0.2) is 13.4 Å². The van der Waals surface area contributed by atoms with Crippen LogP contribution in [0.5, 0.6) is 0 Å². The molecular weight excluding hydrogens is 436 g/mol. The van der Waals surface area contributed by atoms with Crippen LogP contribution in [0.25, 0.3) is 11.0 Å². The molecular formula is C13H7Cl2F3N4O2S2. The molecule has 0 saturated heterocycles. The number of fused-ring (bicyclic) bond motifs is 1. The Morgan fingerprint density at radius 2 is 1.85 bits per heavy atom. The Balaban J connectivity index is 2.05. The van der Waals surface area contributed by atoms with Crippen LogP contribution in [0, 0.1) is 0 Å². The molecule has 138 valence electrons. The quantitative estimate of drug-likeness (QED) is 0.607. The maximum Gasteiger partial charge on any atom is 0.417 e. The summed E-state index contributed by atoms with van der Waals surface area (Å²) in [4.78, 5) is 4.05. The number of hydrogen-bond acceptors (Lipinski definition) is 6. The highest BCUT2D eigenvalue weighted by atomic mass is 35.5. The lowest BCUT2D eigenvalue weighted by atomic mass is 10.3. The predicted octanol–water partition coefficient (Wildman–Crippen LogP) is 4.11. The van der Waals surface area contributed by atoms with Gasteiger partial charge in [0.1, 0.15) is 16.1 Å². The molecule has 0 fully saturated rings. The van der Waals surface area contributed by atoms with Crippen molar-refractivity contribution in [1.29, 1.82) is 0 Å². The lowest BCUT2D eigenvalue weighted by Crippen LogP contribution is -2.11. The van der Waals surface area contributed by atoms with E-state index in [1.807, 2.05) is 0 Å². The van der Waals surface area contributed by atoms with Gasteiger partial charge in [-0.05, 0) is 18.2 Å². The molecule has 3 rings (SSSR count). The van der Waals surface area contributed by atoms with Crippen molar-refractivity contribution in [2.24, 2.45) is 0 Å². The van der Waals surface area contributed by atoms with E-state index in [1.54, 1.807) is 0 Å². The van der Waals surface area contributed by atoms with Gasteiger partial charge in [0, 0.05) is 11.1 Å². The molecule has 1 aromatic carbocycles. The maximum atomic E-state index is 12.7. The van der Waals surface area contributed by atoms with Gasteiger partial charge in [-0.1, -0.05) is 40.2 Å². The smallest absolute Gasteiger partial charge is 0.247 e. The number of alkyl halides is 3. The third kappa shape index (κ3) is 3.75. The van der Waals surface area contributed by atoms with Crippen molar-refractivity contribution >= 4 is 56.0 Å². The van der Waals surface area contributed by atoms with Crippen molar-refractivity contribution in [3.63, 3.8) is 0 Å². The molecule has 0 amide bonds. The first-order valence-corrected chi connectivity index (χ1v) is 10.0. The van der Waals surface area contributed by atoms with E-state index in [1.165, 1.54) is 12.1 Å². The standard InChI is InChI=1S/C13H7Cl2F3N4O2S2/c1-26(23,24)22-10-4-11(7(14)3-9(10)20-21-22)25-12-8(15)2-6(5-19-12)13(16,17)18/h2-5H,1H3. The molecule has 6 nitrogen and oxygen atoms in total. The number of pyridine rings is 1. The van der Waals surface area contributed by atoms with Crippen molar-refractivity contribution < 1.29 is 21.6 Å². The number of aromatic nitrogens is 4. The minimum Gasteiger partial charge on any atom is -0.247 e. The van der Waals surface area contributed by atoms with E-state index < -0.39 is 21.8 Å². The van der Waals surface area contributed by atoms with E-state index in [2.05, 4.69) is 15.3 Å². The second kappa shape index (κ2) is 6.55. The first kappa shape index (κ1) is 19.2. The zero-order valence-corrected chi connectivity index (χ0v) is 15.8. The van der Waals surface area contributed by atoms with Crippen LogP contribution < -0.4 is 0 Å². The normalized spacial score (nSPS) is 12.7. The number of nitrogens with zero attached hydrogens (tertiary/aromatic N) is 4. The molecule has 0 aliphatic heterocycles. The predicted molar refractivity (Wildman–Crippen MR) is 91.2 cm³/mol. The number of hydrogen-bond donors (Lipinski definition) is 0. The lowest BCUT2D eigenvalue weighted by molar-refractivity contribution is -0.137. The summed E-state index contributed by atoms with van der Waals surface area (Å²) >= 11 is 12.9. The summed E-state index contributed by atoms with van der Waals surface area (Å²) in [5.74, 6) is 0. The molecule has 26 heavy (non-hydrogen) atoms. The van der Waals surface area contributed by atoms with Crippen LogP contribution >= 0.6 is 35.0 Å². The van der Waals surface area contributed by atoms with Crippen LogP contribution in [0.4, 0.5) is 13.2 Å². The van der Waals surface area contributed by atoms with Crippen LogP contribution in [0.1, 0.15) is 5.56 Å². The maximum absolute atomic E-state index is 12.7. The average molecular weight is 443 g/mol. The van der Waals surface area contributed by atoms with Gasteiger partial charge in [-0.2, -0.15) is 13.2 Å². The Morgan fingerprint density at radius 1 is 1.15 bits per heavy atom. The summed E-state index contributed by atoms with van der Waals surface area (Å²) in [5, 5.41) is 7.35. The highest BCUT2D eigenvalue weighted by molar-refractivity contribution is 7.99. The van der Waals surface area contributed by atoms with E-state index in [-0.39, 0.29) is 26.1 Å². The highest BCUT2D eigenvalue weighted by Gasteiger charge is 2.31. The molecule has 0 atom stereocenters. The molecule has 0 saturated carbocycles. The Hall–Kier alpha value is -1.56. The van der Waals surface area contributed by atoms with Crippen LogP contribution in [0.2, 0.25) is 10.0 Å². The number of halogens is 5. The first-order chi connectivity index (χ1) is 12.0. The Kier molecular flexibility index (Phi) is 4.84. The zero-order chi connectivity index (χ0) is 19.3. The van der Waals surface area contributed by atoms with Gasteiger partial charge in [0.05, 0.1) is 21.9 Å². The molecule has 0 aliphatic carbocycles. The minimum atomic E-state index is -4.57. The molecule has 2 aromatic heterocycles. The summed E-state index contributed by atoms with van der Waals surface area (Å²) in [5.41, 5.74) is -0.563. The van der Waals surface area contributed by atoms with Gasteiger partial charge in [0.25, 0.3) is 10.0 Å². The van der Waals surface area contributed by atoms with E-state index in [9.17, 15) is 21.6 Å². The van der Waals surface area contributed by atoms with E-state index in [0.29, 0.717) is 11.1 Å².